The predicted octanol–water partition coefficient (Wildman–Crippen LogP) is 6.60. The summed E-state index contributed by atoms with van der Waals surface area (Å²) in [6.45, 7) is 9.31. The maximum Gasteiger partial charge on any atom is 0.216 e. The Kier molecular flexibility index (Phi) is 4.60. The first-order chi connectivity index (χ1) is 14.8. The molecule has 0 bridgehead atoms. The van der Waals surface area contributed by atoms with Crippen molar-refractivity contribution >= 4 is 35.2 Å². The molecule has 0 atom stereocenters. The van der Waals surface area contributed by atoms with E-state index in [-0.39, 0.29) is 0 Å². The van der Waals surface area contributed by atoms with E-state index in [1.165, 1.54) is 27.1 Å². The molecule has 0 N–H and O–H groups in total. The zero-order valence-corrected chi connectivity index (χ0v) is 19.9. The molecule has 0 amide bonds. The lowest BCUT2D eigenvalue weighted by atomic mass is 9.99. The zero-order valence-electron chi connectivity index (χ0n) is 18.9. The van der Waals surface area contributed by atoms with Crippen LogP contribution >= 0.6 is 0 Å². The molecular formula is C28H28NOSi+. The Balaban J connectivity index is 1.77. The summed E-state index contributed by atoms with van der Waals surface area (Å²) in [5, 5.41) is 3.81. The Hall–Kier alpha value is -3.17. The SMILES string of the molecule is Cc1ccc2c(oc3c(-c4ccc([Si](C)(C)C)cc4)cccc32)c1-c1cccc[n+]1C. The first-order valence-corrected chi connectivity index (χ1v) is 14.4. The summed E-state index contributed by atoms with van der Waals surface area (Å²) < 4.78 is 8.81. The van der Waals surface area contributed by atoms with Crippen molar-refractivity contribution in [2.45, 2.75) is 26.6 Å². The number of aromatic nitrogens is 1. The van der Waals surface area contributed by atoms with Crippen LogP contribution in [-0.4, -0.2) is 8.07 Å². The van der Waals surface area contributed by atoms with E-state index in [9.17, 15) is 0 Å². The molecule has 0 aliphatic carbocycles. The molecule has 0 fully saturated rings. The third kappa shape index (κ3) is 3.30. The van der Waals surface area contributed by atoms with Gasteiger partial charge in [0.2, 0.25) is 5.69 Å². The van der Waals surface area contributed by atoms with E-state index in [0.717, 1.165) is 28.0 Å². The Morgan fingerprint density at radius 2 is 1.48 bits per heavy atom. The van der Waals surface area contributed by atoms with Crippen LogP contribution in [0.15, 0.2) is 83.4 Å². The van der Waals surface area contributed by atoms with Crippen molar-refractivity contribution in [1.82, 2.24) is 0 Å². The Morgan fingerprint density at radius 3 is 2.19 bits per heavy atom. The lowest BCUT2D eigenvalue weighted by Crippen LogP contribution is -2.37. The fraction of sp³-hybridized carbons (Fsp3) is 0.179. The summed E-state index contributed by atoms with van der Waals surface area (Å²) in [5.74, 6) is 0. The molecule has 31 heavy (non-hydrogen) atoms. The van der Waals surface area contributed by atoms with Gasteiger partial charge < -0.3 is 4.42 Å². The number of fused-ring (bicyclic) bond motifs is 3. The van der Waals surface area contributed by atoms with Gasteiger partial charge in [0.25, 0.3) is 0 Å². The fourth-order valence-electron chi connectivity index (χ4n) is 4.44. The third-order valence-corrected chi connectivity index (χ3v) is 8.31. The van der Waals surface area contributed by atoms with Crippen LogP contribution in [0.25, 0.3) is 44.3 Å². The van der Waals surface area contributed by atoms with Crippen molar-refractivity contribution < 1.29 is 8.98 Å². The number of nitrogens with zero attached hydrogens (tertiary/aromatic N) is 1. The second kappa shape index (κ2) is 7.21. The Morgan fingerprint density at radius 1 is 0.742 bits per heavy atom. The van der Waals surface area contributed by atoms with Gasteiger partial charge in [-0.05, 0) is 24.1 Å². The van der Waals surface area contributed by atoms with E-state index in [4.69, 9.17) is 4.42 Å². The molecule has 0 spiro atoms. The lowest BCUT2D eigenvalue weighted by Gasteiger charge is -2.16. The molecule has 5 aromatic rings. The minimum absolute atomic E-state index is 0.961. The average molecular weight is 423 g/mol. The molecule has 2 heterocycles. The van der Waals surface area contributed by atoms with Gasteiger partial charge in [-0.3, -0.25) is 0 Å². The first-order valence-electron chi connectivity index (χ1n) is 10.9. The number of hydrogen-bond acceptors (Lipinski definition) is 1. The molecule has 5 rings (SSSR count). The van der Waals surface area contributed by atoms with Crippen molar-refractivity contribution in [1.29, 1.82) is 0 Å². The van der Waals surface area contributed by atoms with E-state index in [0.29, 0.717) is 0 Å². The van der Waals surface area contributed by atoms with E-state index in [1.54, 1.807) is 0 Å². The highest BCUT2D eigenvalue weighted by molar-refractivity contribution is 6.88. The van der Waals surface area contributed by atoms with Crippen LogP contribution in [0.1, 0.15) is 5.56 Å². The van der Waals surface area contributed by atoms with Gasteiger partial charge in [-0.1, -0.05) is 79.4 Å². The monoisotopic (exact) mass is 422 g/mol. The number of furan rings is 1. The van der Waals surface area contributed by atoms with Crippen molar-refractivity contribution in [2.75, 3.05) is 0 Å². The summed E-state index contributed by atoms with van der Waals surface area (Å²) in [4.78, 5) is 0. The van der Waals surface area contributed by atoms with Gasteiger partial charge in [-0.15, -0.1) is 0 Å². The second-order valence-electron chi connectivity index (χ2n) is 9.44. The van der Waals surface area contributed by atoms with Gasteiger partial charge in [0.15, 0.2) is 6.20 Å². The minimum Gasteiger partial charge on any atom is -0.454 e. The van der Waals surface area contributed by atoms with Crippen molar-refractivity contribution in [3.8, 4) is 22.4 Å². The summed E-state index contributed by atoms with van der Waals surface area (Å²) in [6, 6.07) is 26.3. The van der Waals surface area contributed by atoms with Crippen LogP contribution < -0.4 is 9.75 Å². The number of rotatable bonds is 3. The molecule has 3 aromatic carbocycles. The van der Waals surface area contributed by atoms with Gasteiger partial charge in [-0.2, -0.15) is 0 Å². The average Bonchev–Trinajstić information content (AvgIpc) is 3.12. The van der Waals surface area contributed by atoms with Gasteiger partial charge >= 0.3 is 0 Å². The first kappa shape index (κ1) is 19.8. The summed E-state index contributed by atoms with van der Waals surface area (Å²) in [6.07, 6.45) is 2.09. The fourth-order valence-corrected chi connectivity index (χ4v) is 5.61. The summed E-state index contributed by atoms with van der Waals surface area (Å²) in [7, 11) is 0.765. The quantitative estimate of drug-likeness (QED) is 0.236. The Labute approximate surface area is 184 Å². The second-order valence-corrected chi connectivity index (χ2v) is 14.5. The highest BCUT2D eigenvalue weighted by Gasteiger charge is 2.21. The highest BCUT2D eigenvalue weighted by atomic mass is 28.3. The van der Waals surface area contributed by atoms with Gasteiger partial charge in [-0.25, -0.2) is 4.57 Å². The number of hydrogen-bond donors (Lipinski definition) is 0. The van der Waals surface area contributed by atoms with Crippen LogP contribution in [0.2, 0.25) is 19.6 Å². The normalized spacial score (nSPS) is 12.0. The molecule has 0 saturated carbocycles. The van der Waals surface area contributed by atoms with Crippen LogP contribution in [0.5, 0.6) is 0 Å². The van der Waals surface area contributed by atoms with Crippen LogP contribution in [0, 0.1) is 6.92 Å². The topological polar surface area (TPSA) is 17.0 Å². The predicted molar refractivity (Wildman–Crippen MR) is 133 cm³/mol. The molecule has 154 valence electrons. The van der Waals surface area contributed by atoms with Crippen LogP contribution in [0.3, 0.4) is 0 Å². The highest BCUT2D eigenvalue weighted by Crippen LogP contribution is 2.40. The molecule has 0 unspecified atom stereocenters. The lowest BCUT2D eigenvalue weighted by molar-refractivity contribution is -0.660. The third-order valence-electron chi connectivity index (χ3n) is 6.25. The van der Waals surface area contributed by atoms with E-state index in [1.807, 2.05) is 0 Å². The molecule has 0 radical (unpaired) electrons. The zero-order chi connectivity index (χ0) is 21.8. The number of aryl methyl sites for hydroxylation is 2. The smallest absolute Gasteiger partial charge is 0.216 e. The molecular weight excluding hydrogens is 394 g/mol. The Bertz CT molecular complexity index is 1420. The molecule has 0 saturated heterocycles. The van der Waals surface area contributed by atoms with Crippen LogP contribution in [-0.2, 0) is 7.05 Å². The van der Waals surface area contributed by atoms with Crippen LogP contribution in [0.4, 0.5) is 0 Å². The van der Waals surface area contributed by atoms with Gasteiger partial charge in [0.1, 0.15) is 18.2 Å². The minimum atomic E-state index is -1.32. The standard InChI is InChI=1S/C28H28NOSi/c1-19-12-17-24-23-10-8-9-22(20-13-15-21(16-14-20)31(3,4)5)27(23)30-28(24)26(19)25-11-6-7-18-29(25)2/h6-18H,1-5H3/q+1. The number of pyridine rings is 1. The molecule has 0 aliphatic heterocycles. The van der Waals surface area contributed by atoms with Crippen molar-refractivity contribution in [2.24, 2.45) is 7.05 Å². The molecule has 2 aromatic heterocycles. The van der Waals surface area contributed by atoms with E-state index >= 15 is 0 Å². The largest absolute Gasteiger partial charge is 0.454 e. The molecule has 0 aliphatic rings. The van der Waals surface area contributed by atoms with Gasteiger partial charge in [0.05, 0.1) is 13.6 Å². The van der Waals surface area contributed by atoms with Gasteiger partial charge in [0, 0.05) is 28.5 Å². The maximum absolute atomic E-state index is 6.65. The summed E-state index contributed by atoms with van der Waals surface area (Å²) >= 11 is 0. The maximum atomic E-state index is 6.65. The molecule has 2 nitrogen and oxygen atoms in total. The number of para-hydroxylation sites is 1. The summed E-state index contributed by atoms with van der Waals surface area (Å²) in [5.41, 5.74) is 7.82. The van der Waals surface area contributed by atoms with E-state index in [2.05, 4.69) is 117 Å². The number of benzene rings is 3. The molecule has 3 heteroatoms. The van der Waals surface area contributed by atoms with Crippen molar-refractivity contribution in [3.63, 3.8) is 0 Å². The van der Waals surface area contributed by atoms with E-state index < -0.39 is 8.07 Å². The van der Waals surface area contributed by atoms with Crippen molar-refractivity contribution in [3.05, 3.63) is 84.6 Å².